The van der Waals surface area contributed by atoms with Gasteiger partial charge in [-0.3, -0.25) is 4.79 Å². The molecular weight excluding hydrogens is 236 g/mol. The predicted molar refractivity (Wildman–Crippen MR) is 79.4 cm³/mol. The summed E-state index contributed by atoms with van der Waals surface area (Å²) in [4.78, 5) is 12.2. The Bertz CT molecular complexity index is 436. The van der Waals surface area contributed by atoms with E-state index in [-0.39, 0.29) is 5.91 Å². The molecule has 19 heavy (non-hydrogen) atoms. The van der Waals surface area contributed by atoms with Crippen LogP contribution in [0.25, 0.3) is 0 Å². The molecule has 1 aliphatic heterocycles. The van der Waals surface area contributed by atoms with Gasteiger partial charge in [-0.15, -0.1) is 0 Å². The first-order valence-electron chi connectivity index (χ1n) is 7.29. The van der Waals surface area contributed by atoms with Crippen molar-refractivity contribution >= 4 is 11.6 Å². The number of piperidine rings is 1. The Balaban J connectivity index is 1.98. The summed E-state index contributed by atoms with van der Waals surface area (Å²) in [5, 5.41) is 6.47. The normalized spacial score (nSPS) is 19.2. The highest BCUT2D eigenvalue weighted by atomic mass is 16.1. The third-order valence-corrected chi connectivity index (χ3v) is 3.88. The number of para-hydroxylation sites is 1. The molecular formula is C16H24N2O. The maximum absolute atomic E-state index is 12.2. The molecule has 1 saturated heterocycles. The highest BCUT2D eigenvalue weighted by molar-refractivity contribution is 5.92. The number of aryl methyl sites for hydroxylation is 2. The van der Waals surface area contributed by atoms with Gasteiger partial charge in [0.2, 0.25) is 5.91 Å². The number of carbonyl (C=O) groups excluding carboxylic acids is 1. The number of hydrogen-bond acceptors (Lipinski definition) is 2. The van der Waals surface area contributed by atoms with E-state index in [1.165, 1.54) is 12.0 Å². The lowest BCUT2D eigenvalue weighted by atomic mass is 9.95. The Hall–Kier alpha value is -1.35. The summed E-state index contributed by atoms with van der Waals surface area (Å²) in [5.74, 6) is 0.639. The van der Waals surface area contributed by atoms with Crippen molar-refractivity contribution in [3.8, 4) is 0 Å². The summed E-state index contributed by atoms with van der Waals surface area (Å²) in [6, 6.07) is 6.19. The molecule has 1 fully saturated rings. The molecule has 1 aliphatic rings. The van der Waals surface area contributed by atoms with Crippen molar-refractivity contribution in [2.24, 2.45) is 5.92 Å². The molecule has 0 spiro atoms. The van der Waals surface area contributed by atoms with Crippen molar-refractivity contribution in [1.29, 1.82) is 0 Å². The fourth-order valence-electron chi connectivity index (χ4n) is 2.75. The first kappa shape index (κ1) is 14.1. The Morgan fingerprint density at radius 2 is 2.32 bits per heavy atom. The molecule has 0 aromatic heterocycles. The van der Waals surface area contributed by atoms with Gasteiger partial charge in [-0.05, 0) is 56.3 Å². The van der Waals surface area contributed by atoms with Gasteiger partial charge in [0.25, 0.3) is 0 Å². The average Bonchev–Trinajstić information content (AvgIpc) is 2.42. The summed E-state index contributed by atoms with van der Waals surface area (Å²) in [5.41, 5.74) is 3.38. The number of benzene rings is 1. The summed E-state index contributed by atoms with van der Waals surface area (Å²) in [6.45, 7) is 6.24. The molecule has 3 heteroatoms. The van der Waals surface area contributed by atoms with Gasteiger partial charge in [0.05, 0.1) is 0 Å². The fraction of sp³-hybridized carbons (Fsp3) is 0.562. The Labute approximate surface area is 115 Å². The van der Waals surface area contributed by atoms with E-state index in [1.807, 2.05) is 0 Å². The Kier molecular flexibility index (Phi) is 4.97. The molecule has 3 nitrogen and oxygen atoms in total. The first-order chi connectivity index (χ1) is 9.20. The van der Waals surface area contributed by atoms with Crippen molar-refractivity contribution in [2.75, 3.05) is 18.4 Å². The standard InChI is InChI=1S/C16H24N2O/c1-3-14-8-4-6-12(2)16(14)18-15(19)10-13-7-5-9-17-11-13/h4,6,8,13,17H,3,5,7,9-11H2,1-2H3,(H,18,19). The molecule has 1 unspecified atom stereocenters. The zero-order chi connectivity index (χ0) is 13.7. The van der Waals surface area contributed by atoms with Crippen molar-refractivity contribution in [3.05, 3.63) is 29.3 Å². The van der Waals surface area contributed by atoms with Crippen LogP contribution in [-0.2, 0) is 11.2 Å². The van der Waals surface area contributed by atoms with Gasteiger partial charge >= 0.3 is 0 Å². The summed E-state index contributed by atoms with van der Waals surface area (Å²) in [7, 11) is 0. The van der Waals surface area contributed by atoms with Gasteiger partial charge in [0.15, 0.2) is 0 Å². The van der Waals surface area contributed by atoms with E-state index in [9.17, 15) is 4.79 Å². The lowest BCUT2D eigenvalue weighted by Crippen LogP contribution is -2.32. The van der Waals surface area contributed by atoms with E-state index >= 15 is 0 Å². The second kappa shape index (κ2) is 6.71. The van der Waals surface area contributed by atoms with Crippen molar-refractivity contribution < 1.29 is 4.79 Å². The minimum atomic E-state index is 0.151. The van der Waals surface area contributed by atoms with Crippen molar-refractivity contribution in [2.45, 2.75) is 39.5 Å². The second-order valence-electron chi connectivity index (χ2n) is 5.43. The van der Waals surface area contributed by atoms with Gasteiger partial charge in [-0.2, -0.15) is 0 Å². The van der Waals surface area contributed by atoms with Crippen LogP contribution in [0, 0.1) is 12.8 Å². The zero-order valence-electron chi connectivity index (χ0n) is 12.0. The van der Waals surface area contributed by atoms with Crippen LogP contribution in [0.5, 0.6) is 0 Å². The molecule has 0 radical (unpaired) electrons. The van der Waals surface area contributed by atoms with Crippen LogP contribution < -0.4 is 10.6 Å². The molecule has 0 aliphatic carbocycles. The van der Waals surface area contributed by atoms with Gasteiger partial charge < -0.3 is 10.6 Å². The largest absolute Gasteiger partial charge is 0.326 e. The fourth-order valence-corrected chi connectivity index (χ4v) is 2.75. The van der Waals surface area contributed by atoms with E-state index in [4.69, 9.17) is 0 Å². The molecule has 0 bridgehead atoms. The van der Waals surface area contributed by atoms with Gasteiger partial charge in [-0.1, -0.05) is 25.1 Å². The molecule has 1 heterocycles. The number of nitrogens with one attached hydrogen (secondary N) is 2. The lowest BCUT2D eigenvalue weighted by molar-refractivity contribution is -0.117. The minimum Gasteiger partial charge on any atom is -0.326 e. The zero-order valence-corrected chi connectivity index (χ0v) is 12.0. The van der Waals surface area contributed by atoms with E-state index in [0.717, 1.165) is 37.2 Å². The molecule has 1 aromatic carbocycles. The van der Waals surface area contributed by atoms with Crippen LogP contribution in [0.1, 0.15) is 37.3 Å². The third kappa shape index (κ3) is 3.80. The molecule has 1 aromatic rings. The first-order valence-corrected chi connectivity index (χ1v) is 7.29. The van der Waals surface area contributed by atoms with E-state index in [1.54, 1.807) is 0 Å². The molecule has 1 amide bonds. The van der Waals surface area contributed by atoms with Crippen LogP contribution in [0.2, 0.25) is 0 Å². The highest BCUT2D eigenvalue weighted by Gasteiger charge is 2.17. The number of anilines is 1. The number of hydrogen-bond donors (Lipinski definition) is 2. The molecule has 2 N–H and O–H groups in total. The summed E-state index contributed by atoms with van der Waals surface area (Å²) < 4.78 is 0. The summed E-state index contributed by atoms with van der Waals surface area (Å²) >= 11 is 0. The topological polar surface area (TPSA) is 41.1 Å². The minimum absolute atomic E-state index is 0.151. The van der Waals surface area contributed by atoms with E-state index in [2.05, 4.69) is 42.7 Å². The monoisotopic (exact) mass is 260 g/mol. The maximum Gasteiger partial charge on any atom is 0.224 e. The predicted octanol–water partition coefficient (Wildman–Crippen LogP) is 2.89. The SMILES string of the molecule is CCc1cccc(C)c1NC(=O)CC1CCCNC1. The van der Waals surface area contributed by atoms with Gasteiger partial charge in [0, 0.05) is 12.1 Å². The molecule has 2 rings (SSSR count). The smallest absolute Gasteiger partial charge is 0.224 e. The Morgan fingerprint density at radius 3 is 3.00 bits per heavy atom. The lowest BCUT2D eigenvalue weighted by Gasteiger charge is -2.22. The molecule has 0 saturated carbocycles. The van der Waals surface area contributed by atoms with E-state index in [0.29, 0.717) is 12.3 Å². The maximum atomic E-state index is 12.2. The van der Waals surface area contributed by atoms with Crippen LogP contribution in [0.4, 0.5) is 5.69 Å². The van der Waals surface area contributed by atoms with Crippen LogP contribution in [-0.4, -0.2) is 19.0 Å². The molecule has 1 atom stereocenters. The second-order valence-corrected chi connectivity index (χ2v) is 5.43. The quantitative estimate of drug-likeness (QED) is 0.874. The number of carbonyl (C=O) groups is 1. The number of rotatable bonds is 4. The Morgan fingerprint density at radius 1 is 1.47 bits per heavy atom. The van der Waals surface area contributed by atoms with Gasteiger partial charge in [0.1, 0.15) is 0 Å². The van der Waals surface area contributed by atoms with Crippen molar-refractivity contribution in [1.82, 2.24) is 5.32 Å². The van der Waals surface area contributed by atoms with Crippen LogP contribution in [0.3, 0.4) is 0 Å². The third-order valence-electron chi connectivity index (χ3n) is 3.88. The average molecular weight is 260 g/mol. The summed E-state index contributed by atoms with van der Waals surface area (Å²) in [6.07, 6.45) is 3.92. The van der Waals surface area contributed by atoms with Crippen LogP contribution in [0.15, 0.2) is 18.2 Å². The van der Waals surface area contributed by atoms with Crippen LogP contribution >= 0.6 is 0 Å². The highest BCUT2D eigenvalue weighted by Crippen LogP contribution is 2.22. The van der Waals surface area contributed by atoms with Crippen molar-refractivity contribution in [3.63, 3.8) is 0 Å². The van der Waals surface area contributed by atoms with Gasteiger partial charge in [-0.25, -0.2) is 0 Å². The molecule has 104 valence electrons. The number of amides is 1. The van der Waals surface area contributed by atoms with E-state index < -0.39 is 0 Å².